The number of carbonyl (C=O) groups is 1. The van der Waals surface area contributed by atoms with Crippen LogP contribution in [0.15, 0.2) is 53.9 Å². The molecule has 1 aromatic heterocycles. The molecule has 0 bridgehead atoms. The van der Waals surface area contributed by atoms with Gasteiger partial charge in [-0.1, -0.05) is 58.9 Å². The Bertz CT molecular complexity index is 1920. The Labute approximate surface area is 349 Å². The number of fused-ring (bicyclic) bond motifs is 7. The molecule has 0 radical (unpaired) electrons. The molecule has 4 saturated carbocycles. The van der Waals surface area contributed by atoms with E-state index in [-0.39, 0.29) is 33.8 Å². The Morgan fingerprint density at radius 1 is 0.931 bits per heavy atom. The van der Waals surface area contributed by atoms with Crippen LogP contribution in [0.5, 0.6) is 6.01 Å². The van der Waals surface area contributed by atoms with Crippen LogP contribution in [0.25, 0.3) is 0 Å². The van der Waals surface area contributed by atoms with Crippen molar-refractivity contribution >= 4 is 15.8 Å². The van der Waals surface area contributed by atoms with E-state index in [1.165, 1.54) is 68.1 Å². The van der Waals surface area contributed by atoms with Gasteiger partial charge in [-0.3, -0.25) is 4.79 Å². The summed E-state index contributed by atoms with van der Waals surface area (Å²) < 4.78 is 29.9. The SMILES string of the molecule is C=C(C)[C@@H]1CC[C@]2(NCCN3CCS(=O)(=O)CC3)CC[C@]3(C)[C@H](CCC4[C@@]5(C)CC=C(C6=CCC(CCOc7ncccn7)(C(=O)O)CC6)C(C)(C)C5CC[C@]43C)C12. The highest BCUT2D eigenvalue weighted by molar-refractivity contribution is 7.91. The Balaban J connectivity index is 0.995. The van der Waals surface area contributed by atoms with Gasteiger partial charge in [-0.25, -0.2) is 18.4 Å². The lowest BCUT2D eigenvalue weighted by molar-refractivity contribution is -0.221. The molecule has 0 aromatic carbocycles. The summed E-state index contributed by atoms with van der Waals surface area (Å²) in [6.45, 7) is 23.5. The van der Waals surface area contributed by atoms with Gasteiger partial charge in [0.2, 0.25) is 0 Å². The number of ether oxygens (including phenoxy) is 1. The predicted molar refractivity (Wildman–Crippen MR) is 230 cm³/mol. The topological polar surface area (TPSA) is 122 Å². The first-order valence-corrected chi connectivity index (χ1v) is 24.6. The minimum atomic E-state index is -2.87. The fourth-order valence-corrected chi connectivity index (χ4v) is 16.7. The van der Waals surface area contributed by atoms with E-state index in [1.807, 2.05) is 0 Å². The zero-order chi connectivity index (χ0) is 41.4. The summed E-state index contributed by atoms with van der Waals surface area (Å²) in [6.07, 6.45) is 21.7. The highest BCUT2D eigenvalue weighted by Gasteiger charge is 2.70. The number of sulfone groups is 1. The fraction of sp³-hybridized carbons (Fsp3) is 0.771. The van der Waals surface area contributed by atoms with Gasteiger partial charge in [0.1, 0.15) is 0 Å². The van der Waals surface area contributed by atoms with Crippen LogP contribution >= 0.6 is 0 Å². The third kappa shape index (κ3) is 6.85. The minimum Gasteiger partial charge on any atom is -0.481 e. The average Bonchev–Trinajstić information content (AvgIpc) is 3.56. The smallest absolute Gasteiger partial charge is 0.316 e. The lowest BCUT2D eigenvalue weighted by atomic mass is 9.33. The number of rotatable bonds is 11. The molecule has 2 N–H and O–H groups in total. The van der Waals surface area contributed by atoms with Crippen LogP contribution in [0.1, 0.15) is 125 Å². The van der Waals surface area contributed by atoms with Gasteiger partial charge in [0.25, 0.3) is 0 Å². The molecule has 9 nitrogen and oxygen atoms in total. The maximum atomic E-state index is 12.7. The number of aromatic nitrogens is 2. The number of allylic oxidation sites excluding steroid dienone is 5. The quantitative estimate of drug-likeness (QED) is 0.211. The van der Waals surface area contributed by atoms with E-state index in [1.54, 1.807) is 18.5 Å². The van der Waals surface area contributed by atoms with Gasteiger partial charge in [0.15, 0.2) is 9.84 Å². The molecule has 1 saturated heterocycles. The number of aliphatic carboxylic acids is 1. The van der Waals surface area contributed by atoms with Gasteiger partial charge in [-0.2, -0.15) is 0 Å². The molecular formula is C48H72N4O5S. The highest BCUT2D eigenvalue weighted by Crippen LogP contribution is 2.76. The van der Waals surface area contributed by atoms with E-state index >= 15 is 0 Å². The number of carboxylic acid groups (broad SMARTS) is 1. The third-order valence-corrected chi connectivity index (χ3v) is 20.4. The second-order valence-corrected chi connectivity index (χ2v) is 23.8. The standard InChI is InChI=1S/C48H72N4O5S/c1-33(2)35-13-20-48(51-26-27-52-28-31-58(55,56)32-29-52)22-21-45(6)37(40(35)48)9-10-39-44(5)16-14-36(43(3,4)38(44)15-17-46(39,45)7)34-11-18-47(19-12-34,41(53)54)23-30-57-42-49-24-8-25-50-42/h8,11,14,24-25,35,37-40,51H,1,9-10,12-13,15-23,26-32H2,2-7H3,(H,53,54)/t35-,37+,38?,39?,40?,44-,45+,46+,47?,48-/m0/s1. The van der Waals surface area contributed by atoms with Crippen molar-refractivity contribution in [3.8, 4) is 6.01 Å². The summed E-state index contributed by atoms with van der Waals surface area (Å²) in [5.41, 5.74) is 4.25. The Hall–Kier alpha value is -2.56. The minimum absolute atomic E-state index is 0.00951. The zero-order valence-corrected chi connectivity index (χ0v) is 37.3. The first-order valence-electron chi connectivity index (χ1n) is 22.8. The van der Waals surface area contributed by atoms with Crippen molar-refractivity contribution in [3.05, 3.63) is 53.9 Å². The van der Waals surface area contributed by atoms with Gasteiger partial charge >= 0.3 is 12.0 Å². The largest absolute Gasteiger partial charge is 0.481 e. The van der Waals surface area contributed by atoms with Crippen molar-refractivity contribution in [2.45, 2.75) is 131 Å². The summed E-state index contributed by atoms with van der Waals surface area (Å²) >= 11 is 0. The van der Waals surface area contributed by atoms with Crippen molar-refractivity contribution in [2.24, 2.45) is 56.7 Å². The van der Waals surface area contributed by atoms with Crippen molar-refractivity contribution in [1.82, 2.24) is 20.2 Å². The molecule has 320 valence electrons. The molecule has 10 heteroatoms. The van der Waals surface area contributed by atoms with Crippen LogP contribution < -0.4 is 10.1 Å². The molecule has 7 aliphatic rings. The van der Waals surface area contributed by atoms with E-state index in [0.29, 0.717) is 79.5 Å². The third-order valence-electron chi connectivity index (χ3n) is 18.8. The molecular weight excluding hydrogens is 745 g/mol. The molecule has 58 heavy (non-hydrogen) atoms. The Kier molecular flexibility index (Phi) is 11.0. The second kappa shape index (κ2) is 15.1. The van der Waals surface area contributed by atoms with Gasteiger partial charge in [-0.15, -0.1) is 0 Å². The van der Waals surface area contributed by atoms with Gasteiger partial charge in [0.05, 0.1) is 23.5 Å². The molecule has 10 atom stereocenters. The van der Waals surface area contributed by atoms with Crippen LogP contribution in [0.3, 0.4) is 0 Å². The first kappa shape index (κ1) is 42.1. The van der Waals surface area contributed by atoms with Gasteiger partial charge < -0.3 is 20.1 Å². The number of nitrogens with one attached hydrogen (secondary N) is 1. The molecule has 6 aliphatic carbocycles. The summed E-state index contributed by atoms with van der Waals surface area (Å²) in [6, 6.07) is 2.04. The average molecular weight is 817 g/mol. The lowest BCUT2D eigenvalue weighted by Crippen LogP contribution is -2.68. The van der Waals surface area contributed by atoms with E-state index in [2.05, 4.69) is 80.5 Å². The van der Waals surface area contributed by atoms with Crippen LogP contribution in [0.4, 0.5) is 0 Å². The molecule has 1 aromatic rings. The molecule has 8 rings (SSSR count). The normalized spacial score (nSPS) is 41.8. The molecule has 0 spiro atoms. The van der Waals surface area contributed by atoms with Crippen LogP contribution in [-0.2, 0) is 14.6 Å². The highest BCUT2D eigenvalue weighted by atomic mass is 32.2. The van der Waals surface area contributed by atoms with Crippen LogP contribution in [0.2, 0.25) is 0 Å². The monoisotopic (exact) mass is 817 g/mol. The molecule has 0 amide bonds. The van der Waals surface area contributed by atoms with E-state index in [4.69, 9.17) is 4.74 Å². The van der Waals surface area contributed by atoms with E-state index in [0.717, 1.165) is 25.9 Å². The van der Waals surface area contributed by atoms with E-state index < -0.39 is 21.2 Å². The Morgan fingerprint density at radius 3 is 2.34 bits per heavy atom. The maximum Gasteiger partial charge on any atom is 0.316 e. The maximum absolute atomic E-state index is 12.7. The summed E-state index contributed by atoms with van der Waals surface area (Å²) in [4.78, 5) is 23.4. The summed E-state index contributed by atoms with van der Waals surface area (Å²) in [5, 5.41) is 14.7. The second-order valence-electron chi connectivity index (χ2n) is 21.5. The van der Waals surface area contributed by atoms with Gasteiger partial charge in [-0.05, 0) is 159 Å². The van der Waals surface area contributed by atoms with Crippen LogP contribution in [0, 0.1) is 56.7 Å². The molecule has 2 heterocycles. The molecule has 1 aliphatic heterocycles. The number of hydrogen-bond acceptors (Lipinski definition) is 8. The van der Waals surface area contributed by atoms with Crippen molar-refractivity contribution in [1.29, 1.82) is 0 Å². The van der Waals surface area contributed by atoms with E-state index in [9.17, 15) is 18.3 Å². The summed E-state index contributed by atoms with van der Waals surface area (Å²) in [7, 11) is -2.87. The summed E-state index contributed by atoms with van der Waals surface area (Å²) in [5.74, 6) is 2.89. The number of nitrogens with zero attached hydrogens (tertiary/aromatic N) is 3. The van der Waals surface area contributed by atoms with Crippen molar-refractivity contribution in [2.75, 3.05) is 44.3 Å². The fourth-order valence-electron chi connectivity index (χ4n) is 15.4. The zero-order valence-electron chi connectivity index (χ0n) is 36.5. The number of carboxylic acids is 1. The molecule has 5 fully saturated rings. The lowest BCUT2D eigenvalue weighted by Gasteiger charge is -2.72. The van der Waals surface area contributed by atoms with Crippen LogP contribution in [-0.4, -0.2) is 84.2 Å². The molecule has 4 unspecified atom stereocenters. The van der Waals surface area contributed by atoms with Gasteiger partial charge in [0, 0.05) is 44.1 Å². The predicted octanol–water partition coefficient (Wildman–Crippen LogP) is 8.69. The Morgan fingerprint density at radius 2 is 1.67 bits per heavy atom. The number of hydrogen-bond donors (Lipinski definition) is 2. The first-order chi connectivity index (χ1) is 27.4. The van der Waals surface area contributed by atoms with Crippen molar-refractivity contribution < 1.29 is 23.1 Å². The van der Waals surface area contributed by atoms with Crippen molar-refractivity contribution in [3.63, 3.8) is 0 Å².